The monoisotopic (exact) mass is 309 g/mol. The van der Waals surface area contributed by atoms with Crippen LogP contribution in [-0.2, 0) is 9.84 Å². The Labute approximate surface area is 127 Å². The van der Waals surface area contributed by atoms with Gasteiger partial charge in [-0.3, -0.25) is 4.79 Å². The molecule has 1 aliphatic heterocycles. The Morgan fingerprint density at radius 3 is 2.33 bits per heavy atom. The third-order valence-electron chi connectivity index (χ3n) is 3.82. The van der Waals surface area contributed by atoms with Gasteiger partial charge in [0.2, 0.25) is 0 Å². The van der Waals surface area contributed by atoms with Crippen LogP contribution in [0, 0.1) is 0 Å². The minimum absolute atomic E-state index is 0.0806. The van der Waals surface area contributed by atoms with Gasteiger partial charge in [-0.05, 0) is 31.4 Å². The Bertz CT molecular complexity index is 587. The van der Waals surface area contributed by atoms with Crippen LogP contribution in [0.5, 0.6) is 0 Å². The minimum atomic E-state index is -3.38. The number of likely N-dealkylation sites (tertiary alicyclic amines) is 1. The molecule has 0 aromatic heterocycles. The number of hydrogen-bond acceptors (Lipinski definition) is 3. The molecule has 0 radical (unpaired) electrons. The molecule has 4 nitrogen and oxygen atoms in total. The predicted molar refractivity (Wildman–Crippen MR) is 83.2 cm³/mol. The molecule has 0 saturated carbocycles. The van der Waals surface area contributed by atoms with Crippen molar-refractivity contribution in [1.82, 2.24) is 4.90 Å². The van der Waals surface area contributed by atoms with E-state index in [0.29, 0.717) is 12.0 Å². The van der Waals surface area contributed by atoms with Gasteiger partial charge < -0.3 is 4.90 Å². The molecule has 1 saturated heterocycles. The van der Waals surface area contributed by atoms with Gasteiger partial charge in [-0.1, -0.05) is 31.9 Å². The number of carbonyl (C=O) groups is 1. The van der Waals surface area contributed by atoms with E-state index in [9.17, 15) is 13.2 Å². The second-order valence-corrected chi connectivity index (χ2v) is 7.60. The Hall–Kier alpha value is -1.36. The number of hydrogen-bond donors (Lipinski definition) is 0. The summed E-state index contributed by atoms with van der Waals surface area (Å²) in [5.74, 6) is -0.0655. The van der Waals surface area contributed by atoms with Crippen molar-refractivity contribution in [3.8, 4) is 0 Å². The van der Waals surface area contributed by atoms with Crippen LogP contribution in [0.3, 0.4) is 0 Å². The number of nitrogens with zero attached hydrogens (tertiary/aromatic N) is 1. The zero-order valence-corrected chi connectivity index (χ0v) is 13.4. The fourth-order valence-corrected chi connectivity index (χ4v) is 4.27. The summed E-state index contributed by atoms with van der Waals surface area (Å²) >= 11 is 0. The number of carbonyl (C=O) groups excluding carboxylic acids is 1. The van der Waals surface area contributed by atoms with Crippen molar-refractivity contribution >= 4 is 15.7 Å². The zero-order valence-electron chi connectivity index (χ0n) is 12.5. The highest BCUT2D eigenvalue weighted by Crippen LogP contribution is 2.21. The minimum Gasteiger partial charge on any atom is -0.339 e. The summed E-state index contributed by atoms with van der Waals surface area (Å²) in [5, 5.41) is 0. The van der Waals surface area contributed by atoms with Crippen LogP contribution < -0.4 is 0 Å². The average Bonchev–Trinajstić information content (AvgIpc) is 2.75. The second-order valence-electron chi connectivity index (χ2n) is 5.52. The Balaban J connectivity index is 2.33. The highest BCUT2D eigenvalue weighted by molar-refractivity contribution is 7.91. The van der Waals surface area contributed by atoms with E-state index >= 15 is 0 Å². The van der Waals surface area contributed by atoms with Crippen molar-refractivity contribution in [1.29, 1.82) is 0 Å². The molecule has 0 aliphatic carbocycles. The number of sulfone groups is 1. The first-order chi connectivity index (χ1) is 10.1. The summed E-state index contributed by atoms with van der Waals surface area (Å²) in [6.45, 7) is 3.28. The van der Waals surface area contributed by atoms with Gasteiger partial charge in [-0.25, -0.2) is 8.42 Å². The summed E-state index contributed by atoms with van der Waals surface area (Å²) in [6, 6.07) is 6.60. The SMILES string of the molecule is CCCS(=O)(=O)c1ccccc1C(=O)N1CCCCCC1. The van der Waals surface area contributed by atoms with Crippen LogP contribution in [0.25, 0.3) is 0 Å². The Morgan fingerprint density at radius 1 is 1.10 bits per heavy atom. The van der Waals surface area contributed by atoms with Crippen LogP contribution in [-0.4, -0.2) is 38.1 Å². The van der Waals surface area contributed by atoms with E-state index in [2.05, 4.69) is 0 Å². The van der Waals surface area contributed by atoms with E-state index in [1.807, 2.05) is 6.92 Å². The molecular weight excluding hydrogens is 286 g/mol. The van der Waals surface area contributed by atoms with E-state index in [4.69, 9.17) is 0 Å². The Morgan fingerprint density at radius 2 is 1.71 bits per heavy atom. The van der Waals surface area contributed by atoms with Gasteiger partial charge in [0.05, 0.1) is 16.2 Å². The molecule has 21 heavy (non-hydrogen) atoms. The highest BCUT2D eigenvalue weighted by Gasteiger charge is 2.25. The fraction of sp³-hybridized carbons (Fsp3) is 0.562. The quantitative estimate of drug-likeness (QED) is 0.859. The molecule has 116 valence electrons. The van der Waals surface area contributed by atoms with Crippen molar-refractivity contribution in [3.63, 3.8) is 0 Å². The predicted octanol–water partition coefficient (Wildman–Crippen LogP) is 2.89. The highest BCUT2D eigenvalue weighted by atomic mass is 32.2. The third kappa shape index (κ3) is 3.84. The maximum absolute atomic E-state index is 12.7. The van der Waals surface area contributed by atoms with E-state index in [-0.39, 0.29) is 16.6 Å². The fourth-order valence-electron chi connectivity index (χ4n) is 2.74. The number of benzene rings is 1. The second kappa shape index (κ2) is 7.07. The maximum atomic E-state index is 12.7. The van der Waals surface area contributed by atoms with Crippen molar-refractivity contribution in [2.75, 3.05) is 18.8 Å². The lowest BCUT2D eigenvalue weighted by molar-refractivity contribution is 0.0758. The molecule has 0 unspecified atom stereocenters. The van der Waals surface area contributed by atoms with Crippen LogP contribution in [0.15, 0.2) is 29.2 Å². The van der Waals surface area contributed by atoms with Crippen molar-refractivity contribution in [2.45, 2.75) is 43.9 Å². The molecule has 1 aromatic carbocycles. The van der Waals surface area contributed by atoms with Crippen molar-refractivity contribution in [3.05, 3.63) is 29.8 Å². The molecule has 1 heterocycles. The molecule has 0 bridgehead atoms. The van der Waals surface area contributed by atoms with Crippen molar-refractivity contribution < 1.29 is 13.2 Å². The van der Waals surface area contributed by atoms with Gasteiger partial charge in [-0.2, -0.15) is 0 Å². The third-order valence-corrected chi connectivity index (χ3v) is 5.79. The molecule has 0 N–H and O–H groups in total. The lowest BCUT2D eigenvalue weighted by Gasteiger charge is -2.21. The summed E-state index contributed by atoms with van der Waals surface area (Å²) < 4.78 is 24.7. The first kappa shape index (κ1) is 16.0. The van der Waals surface area contributed by atoms with Gasteiger partial charge >= 0.3 is 0 Å². The zero-order chi connectivity index (χ0) is 15.3. The molecule has 0 atom stereocenters. The smallest absolute Gasteiger partial charge is 0.255 e. The summed E-state index contributed by atoms with van der Waals surface area (Å²) in [5.41, 5.74) is 0.327. The van der Waals surface area contributed by atoms with Gasteiger partial charge in [0.25, 0.3) is 5.91 Å². The summed E-state index contributed by atoms with van der Waals surface area (Å²) in [7, 11) is -3.38. The van der Waals surface area contributed by atoms with Crippen molar-refractivity contribution in [2.24, 2.45) is 0 Å². The number of amides is 1. The van der Waals surface area contributed by atoms with Gasteiger partial charge in [0.15, 0.2) is 9.84 Å². The van der Waals surface area contributed by atoms with Gasteiger partial charge in [0.1, 0.15) is 0 Å². The first-order valence-electron chi connectivity index (χ1n) is 7.67. The lowest BCUT2D eigenvalue weighted by Crippen LogP contribution is -2.33. The average molecular weight is 309 g/mol. The summed E-state index contributed by atoms with van der Waals surface area (Å²) in [6.07, 6.45) is 4.82. The van der Waals surface area contributed by atoms with E-state index in [0.717, 1.165) is 38.8 Å². The van der Waals surface area contributed by atoms with Crippen LogP contribution in [0.4, 0.5) is 0 Å². The van der Waals surface area contributed by atoms with E-state index in [1.54, 1.807) is 29.2 Å². The maximum Gasteiger partial charge on any atom is 0.255 e. The first-order valence-corrected chi connectivity index (χ1v) is 9.32. The van der Waals surface area contributed by atoms with Crippen LogP contribution in [0.2, 0.25) is 0 Å². The normalized spacial score (nSPS) is 16.5. The molecule has 1 fully saturated rings. The molecule has 2 rings (SSSR count). The van der Waals surface area contributed by atoms with Gasteiger partial charge in [0, 0.05) is 13.1 Å². The molecule has 1 aliphatic rings. The Kier molecular flexibility index (Phi) is 5.39. The van der Waals surface area contributed by atoms with E-state index < -0.39 is 9.84 Å². The molecule has 1 aromatic rings. The van der Waals surface area contributed by atoms with E-state index in [1.165, 1.54) is 0 Å². The van der Waals surface area contributed by atoms with Crippen LogP contribution in [0.1, 0.15) is 49.4 Å². The van der Waals surface area contributed by atoms with Crippen LogP contribution >= 0.6 is 0 Å². The molecule has 0 spiro atoms. The molecule has 1 amide bonds. The summed E-state index contributed by atoms with van der Waals surface area (Å²) in [4.78, 5) is 14.7. The topological polar surface area (TPSA) is 54.5 Å². The number of rotatable bonds is 4. The molecule has 5 heteroatoms. The largest absolute Gasteiger partial charge is 0.339 e. The standard InChI is InChI=1S/C16H23NO3S/c1-2-13-21(19,20)15-10-6-5-9-14(15)16(18)17-11-7-3-4-8-12-17/h5-6,9-10H,2-4,7-8,11-13H2,1H3. The lowest BCUT2D eigenvalue weighted by atomic mass is 10.2. The molecular formula is C16H23NO3S. The van der Waals surface area contributed by atoms with Gasteiger partial charge in [-0.15, -0.1) is 0 Å².